The van der Waals surface area contributed by atoms with E-state index in [1.807, 2.05) is 26.0 Å². The van der Waals surface area contributed by atoms with Crippen LogP contribution in [0.25, 0.3) is 0 Å². The van der Waals surface area contributed by atoms with E-state index < -0.39 is 17.8 Å². The first kappa shape index (κ1) is 15.5. The Balaban J connectivity index is 2.34. The monoisotopic (exact) mass is 334 g/mol. The van der Waals surface area contributed by atoms with Gasteiger partial charge in [-0.25, -0.2) is 9.59 Å². The molecule has 0 bridgehead atoms. The van der Waals surface area contributed by atoms with Gasteiger partial charge in [0.2, 0.25) is 0 Å². The third kappa shape index (κ3) is 2.39. The fourth-order valence-corrected chi connectivity index (χ4v) is 3.79. The summed E-state index contributed by atoms with van der Waals surface area (Å²) in [6.45, 7) is 6.20. The van der Waals surface area contributed by atoms with Crippen molar-refractivity contribution in [2.24, 2.45) is 0 Å². The molecule has 3 rings (SSSR count). The van der Waals surface area contributed by atoms with Crippen LogP contribution in [0.3, 0.4) is 0 Å². The Morgan fingerprint density at radius 2 is 1.83 bits per heavy atom. The first-order valence-electron chi connectivity index (χ1n) is 7.49. The summed E-state index contributed by atoms with van der Waals surface area (Å²) in [5, 5.41) is 5.42. The molecule has 1 aliphatic rings. The third-order valence-electron chi connectivity index (χ3n) is 3.94. The number of urea groups is 1. The quantitative estimate of drug-likeness (QED) is 0.895. The van der Waals surface area contributed by atoms with Crippen molar-refractivity contribution in [1.29, 1.82) is 0 Å². The van der Waals surface area contributed by atoms with Crippen LogP contribution < -0.4 is 21.9 Å². The highest BCUT2D eigenvalue weighted by atomic mass is 32.1. The van der Waals surface area contributed by atoms with Crippen LogP contribution in [0.15, 0.2) is 21.7 Å². The number of anilines is 1. The molecule has 0 aliphatic carbocycles. The lowest BCUT2D eigenvalue weighted by atomic mass is 10.1. The van der Waals surface area contributed by atoms with Crippen molar-refractivity contribution in [3.05, 3.63) is 48.3 Å². The minimum atomic E-state index is -0.541. The average molecular weight is 334 g/mol. The van der Waals surface area contributed by atoms with Gasteiger partial charge in [0.25, 0.3) is 5.56 Å². The van der Waals surface area contributed by atoms with E-state index in [0.717, 1.165) is 9.75 Å². The largest absolute Gasteiger partial charge is 0.332 e. The van der Waals surface area contributed by atoms with E-state index >= 15 is 0 Å². The van der Waals surface area contributed by atoms with Gasteiger partial charge in [0.05, 0.1) is 11.6 Å². The molecule has 2 N–H and O–H groups in total. The molecule has 0 radical (unpaired) electrons. The standard InChI is InChI=1S/C15H18N4O3S/c1-4-18-12-10(13(20)19(5-2)15(18)22)11(16-14(21)17-12)9-7-6-8(3)23-9/h6-7,11H,4-5H2,1-3H3,(H2,16,17,21). The summed E-state index contributed by atoms with van der Waals surface area (Å²) < 4.78 is 2.64. The first-order chi connectivity index (χ1) is 11.0. The number of carbonyl (C=O) groups excluding carboxylic acids is 1. The Morgan fingerprint density at radius 3 is 2.39 bits per heavy atom. The van der Waals surface area contributed by atoms with Crippen LogP contribution in [0.2, 0.25) is 0 Å². The zero-order chi connectivity index (χ0) is 16.7. The van der Waals surface area contributed by atoms with Crippen molar-refractivity contribution < 1.29 is 4.79 Å². The van der Waals surface area contributed by atoms with E-state index in [9.17, 15) is 14.4 Å². The van der Waals surface area contributed by atoms with E-state index in [4.69, 9.17) is 0 Å². The molecule has 3 heterocycles. The molecule has 7 nitrogen and oxygen atoms in total. The molecular weight excluding hydrogens is 316 g/mol. The van der Waals surface area contributed by atoms with Crippen molar-refractivity contribution in [3.63, 3.8) is 0 Å². The molecule has 2 aromatic rings. The number of hydrogen-bond acceptors (Lipinski definition) is 4. The predicted molar refractivity (Wildman–Crippen MR) is 89.4 cm³/mol. The molecule has 1 atom stereocenters. The smallest absolute Gasteiger partial charge is 0.326 e. The van der Waals surface area contributed by atoms with Crippen LogP contribution in [0.4, 0.5) is 10.6 Å². The van der Waals surface area contributed by atoms with Crippen molar-refractivity contribution in [3.8, 4) is 0 Å². The molecule has 0 saturated heterocycles. The van der Waals surface area contributed by atoms with Gasteiger partial charge < -0.3 is 5.32 Å². The number of hydrogen-bond donors (Lipinski definition) is 2. The van der Waals surface area contributed by atoms with Gasteiger partial charge in [-0.15, -0.1) is 11.3 Å². The SMILES string of the molecule is CCn1c2c(c(=O)n(CC)c1=O)C(c1ccc(C)s1)NC(=O)N2. The number of aromatic nitrogens is 2. The maximum absolute atomic E-state index is 12.8. The van der Waals surface area contributed by atoms with Crippen LogP contribution in [0.1, 0.15) is 35.2 Å². The van der Waals surface area contributed by atoms with E-state index in [-0.39, 0.29) is 12.1 Å². The molecular formula is C15H18N4O3S. The highest BCUT2D eigenvalue weighted by molar-refractivity contribution is 7.12. The number of thiophene rings is 1. The Kier molecular flexibility index (Phi) is 3.85. The number of nitrogens with zero attached hydrogens (tertiary/aromatic N) is 2. The van der Waals surface area contributed by atoms with Crippen LogP contribution in [0.5, 0.6) is 0 Å². The third-order valence-corrected chi connectivity index (χ3v) is 5.00. The summed E-state index contributed by atoms with van der Waals surface area (Å²) in [6.07, 6.45) is 0. The molecule has 8 heteroatoms. The summed E-state index contributed by atoms with van der Waals surface area (Å²) in [5.41, 5.74) is -0.349. The maximum atomic E-state index is 12.8. The second-order valence-electron chi connectivity index (χ2n) is 5.32. The van der Waals surface area contributed by atoms with Crippen LogP contribution in [-0.4, -0.2) is 15.2 Å². The maximum Gasteiger partial charge on any atom is 0.332 e. The predicted octanol–water partition coefficient (Wildman–Crippen LogP) is 1.64. The summed E-state index contributed by atoms with van der Waals surface area (Å²) in [4.78, 5) is 39.2. The lowest BCUT2D eigenvalue weighted by molar-refractivity contribution is 0.248. The average Bonchev–Trinajstić information content (AvgIpc) is 2.93. The Hall–Kier alpha value is -2.35. The zero-order valence-electron chi connectivity index (χ0n) is 13.2. The minimum Gasteiger partial charge on any atom is -0.326 e. The van der Waals surface area contributed by atoms with Crippen LogP contribution in [-0.2, 0) is 13.1 Å². The molecule has 0 fully saturated rings. The molecule has 1 aliphatic heterocycles. The molecule has 0 spiro atoms. The highest BCUT2D eigenvalue weighted by Gasteiger charge is 2.33. The number of rotatable bonds is 3. The first-order valence-corrected chi connectivity index (χ1v) is 8.30. The van der Waals surface area contributed by atoms with Gasteiger partial charge in [-0.1, -0.05) is 0 Å². The zero-order valence-corrected chi connectivity index (χ0v) is 14.0. The summed E-state index contributed by atoms with van der Waals surface area (Å²) >= 11 is 1.52. The van der Waals surface area contributed by atoms with Crippen molar-refractivity contribution in [2.75, 3.05) is 5.32 Å². The minimum absolute atomic E-state index is 0.287. The molecule has 1 unspecified atom stereocenters. The fraction of sp³-hybridized carbons (Fsp3) is 0.400. The Labute approximate surface area is 136 Å². The van der Waals surface area contributed by atoms with Gasteiger partial charge in [-0.3, -0.25) is 19.2 Å². The van der Waals surface area contributed by atoms with Crippen molar-refractivity contribution in [2.45, 2.75) is 39.9 Å². The number of nitrogens with one attached hydrogen (secondary N) is 2. The number of carbonyl (C=O) groups is 1. The molecule has 0 saturated carbocycles. The van der Waals surface area contributed by atoms with Gasteiger partial charge in [-0.05, 0) is 32.9 Å². The molecule has 122 valence electrons. The molecule has 2 aromatic heterocycles. The summed E-state index contributed by atoms with van der Waals surface area (Å²) in [6, 6.07) is 2.89. The Morgan fingerprint density at radius 1 is 1.13 bits per heavy atom. The topological polar surface area (TPSA) is 85.1 Å². The van der Waals surface area contributed by atoms with E-state index in [1.165, 1.54) is 20.5 Å². The molecule has 0 aromatic carbocycles. The molecule has 23 heavy (non-hydrogen) atoms. The number of aryl methyl sites for hydroxylation is 1. The number of fused-ring (bicyclic) bond motifs is 1. The van der Waals surface area contributed by atoms with Gasteiger partial charge in [-0.2, -0.15) is 0 Å². The molecule has 2 amide bonds. The van der Waals surface area contributed by atoms with E-state index in [1.54, 1.807) is 6.92 Å². The second kappa shape index (κ2) is 5.69. The summed E-state index contributed by atoms with van der Waals surface area (Å²) in [7, 11) is 0. The van der Waals surface area contributed by atoms with Gasteiger partial charge >= 0.3 is 11.7 Å². The van der Waals surface area contributed by atoms with Crippen molar-refractivity contribution >= 4 is 23.2 Å². The van der Waals surface area contributed by atoms with Gasteiger partial charge in [0, 0.05) is 22.8 Å². The normalized spacial score (nSPS) is 16.7. The fourth-order valence-electron chi connectivity index (χ4n) is 2.86. The number of amides is 2. The van der Waals surface area contributed by atoms with E-state index in [2.05, 4.69) is 10.6 Å². The van der Waals surface area contributed by atoms with Crippen molar-refractivity contribution in [1.82, 2.24) is 14.5 Å². The lowest BCUT2D eigenvalue weighted by Gasteiger charge is -2.28. The lowest BCUT2D eigenvalue weighted by Crippen LogP contribution is -2.49. The second-order valence-corrected chi connectivity index (χ2v) is 6.64. The van der Waals surface area contributed by atoms with Crippen LogP contribution >= 0.6 is 11.3 Å². The summed E-state index contributed by atoms with van der Waals surface area (Å²) in [5.74, 6) is 0.298. The Bertz CT molecular complexity index is 893. The highest BCUT2D eigenvalue weighted by Crippen LogP contribution is 2.32. The van der Waals surface area contributed by atoms with Crippen LogP contribution in [0, 0.1) is 6.92 Å². The van der Waals surface area contributed by atoms with Gasteiger partial charge in [0.15, 0.2) is 0 Å². The van der Waals surface area contributed by atoms with Gasteiger partial charge in [0.1, 0.15) is 5.82 Å². The van der Waals surface area contributed by atoms with E-state index in [0.29, 0.717) is 17.9 Å².